The molecular formula is C20H18N2O3. The Morgan fingerprint density at radius 1 is 1.12 bits per heavy atom. The Hall–Kier alpha value is -3.26. The number of phenols is 2. The highest BCUT2D eigenvalue weighted by molar-refractivity contribution is 6.09. The Morgan fingerprint density at radius 3 is 2.56 bits per heavy atom. The van der Waals surface area contributed by atoms with E-state index in [1.807, 2.05) is 12.1 Å². The molecule has 0 saturated heterocycles. The van der Waals surface area contributed by atoms with Gasteiger partial charge in [0.2, 0.25) is 0 Å². The SMILES string of the molecule is N#CC(=Cc1cc(O)c2c(c1)CCCC2)C(=O)Nc1ccc(O)cc1. The van der Waals surface area contributed by atoms with Crippen LogP contribution in [0.5, 0.6) is 11.5 Å². The van der Waals surface area contributed by atoms with Crippen LogP contribution >= 0.6 is 0 Å². The lowest BCUT2D eigenvalue weighted by Gasteiger charge is -2.17. The monoisotopic (exact) mass is 334 g/mol. The highest BCUT2D eigenvalue weighted by atomic mass is 16.3. The number of nitrogens with one attached hydrogen (secondary N) is 1. The van der Waals surface area contributed by atoms with Gasteiger partial charge in [0, 0.05) is 5.69 Å². The molecule has 25 heavy (non-hydrogen) atoms. The van der Waals surface area contributed by atoms with Crippen molar-refractivity contribution < 1.29 is 15.0 Å². The molecule has 126 valence electrons. The van der Waals surface area contributed by atoms with Gasteiger partial charge in [0.1, 0.15) is 23.1 Å². The Kier molecular flexibility index (Phi) is 4.71. The molecule has 0 aliphatic heterocycles. The number of benzene rings is 2. The number of aromatic hydroxyl groups is 2. The van der Waals surface area contributed by atoms with Crippen molar-refractivity contribution in [2.24, 2.45) is 0 Å². The number of hydrogen-bond acceptors (Lipinski definition) is 4. The molecule has 0 atom stereocenters. The average Bonchev–Trinajstić information content (AvgIpc) is 2.61. The first-order valence-electron chi connectivity index (χ1n) is 8.14. The fraction of sp³-hybridized carbons (Fsp3) is 0.200. The maximum Gasteiger partial charge on any atom is 0.266 e. The summed E-state index contributed by atoms with van der Waals surface area (Å²) in [5, 5.41) is 31.4. The molecule has 0 fully saturated rings. The van der Waals surface area contributed by atoms with Crippen LogP contribution in [0.1, 0.15) is 29.5 Å². The van der Waals surface area contributed by atoms with Crippen LogP contribution in [0.2, 0.25) is 0 Å². The van der Waals surface area contributed by atoms with Gasteiger partial charge in [0.25, 0.3) is 5.91 Å². The molecule has 3 N–H and O–H groups in total. The molecule has 5 nitrogen and oxygen atoms in total. The number of amides is 1. The summed E-state index contributed by atoms with van der Waals surface area (Å²) in [5.74, 6) is -0.219. The third-order valence-electron chi connectivity index (χ3n) is 4.27. The minimum Gasteiger partial charge on any atom is -0.508 e. The van der Waals surface area contributed by atoms with Crippen molar-refractivity contribution in [3.8, 4) is 17.6 Å². The van der Waals surface area contributed by atoms with E-state index in [2.05, 4.69) is 5.32 Å². The van der Waals surface area contributed by atoms with E-state index in [0.29, 0.717) is 11.3 Å². The van der Waals surface area contributed by atoms with Crippen LogP contribution in [-0.2, 0) is 17.6 Å². The number of hydrogen-bond donors (Lipinski definition) is 3. The first-order valence-corrected chi connectivity index (χ1v) is 8.14. The molecule has 0 unspecified atom stereocenters. The standard InChI is InChI=1S/C20H18N2O3/c21-12-15(20(25)22-16-5-7-17(23)8-6-16)10-13-9-14-3-1-2-4-18(14)19(24)11-13/h5-11,23-24H,1-4H2,(H,22,25). The van der Waals surface area contributed by atoms with Crippen molar-refractivity contribution in [2.75, 3.05) is 5.32 Å². The number of phenolic OH excluding ortho intramolecular Hbond substituents is 2. The third kappa shape index (κ3) is 3.81. The smallest absolute Gasteiger partial charge is 0.266 e. The zero-order valence-corrected chi connectivity index (χ0v) is 13.6. The van der Waals surface area contributed by atoms with Gasteiger partial charge in [-0.1, -0.05) is 6.07 Å². The maximum atomic E-state index is 12.3. The van der Waals surface area contributed by atoms with E-state index >= 15 is 0 Å². The van der Waals surface area contributed by atoms with E-state index in [1.165, 1.54) is 18.2 Å². The molecule has 0 saturated carbocycles. The van der Waals surface area contributed by atoms with Crippen molar-refractivity contribution in [2.45, 2.75) is 25.7 Å². The molecule has 1 aliphatic carbocycles. The number of nitrogens with zero attached hydrogens (tertiary/aromatic N) is 1. The Bertz CT molecular complexity index is 877. The van der Waals surface area contributed by atoms with Gasteiger partial charge in [-0.2, -0.15) is 5.26 Å². The number of anilines is 1. The topological polar surface area (TPSA) is 93.3 Å². The molecule has 0 radical (unpaired) electrons. The lowest BCUT2D eigenvalue weighted by atomic mass is 9.89. The number of aryl methyl sites for hydroxylation is 1. The molecule has 5 heteroatoms. The van der Waals surface area contributed by atoms with Crippen molar-refractivity contribution >= 4 is 17.7 Å². The van der Waals surface area contributed by atoms with Gasteiger partial charge in [0.05, 0.1) is 0 Å². The second kappa shape index (κ2) is 7.10. The Labute approximate surface area is 145 Å². The fourth-order valence-corrected chi connectivity index (χ4v) is 3.01. The highest BCUT2D eigenvalue weighted by Crippen LogP contribution is 2.31. The van der Waals surface area contributed by atoms with Gasteiger partial charge in [0.15, 0.2) is 0 Å². The fourth-order valence-electron chi connectivity index (χ4n) is 3.01. The predicted molar refractivity (Wildman–Crippen MR) is 95.1 cm³/mol. The summed E-state index contributed by atoms with van der Waals surface area (Å²) in [5.41, 5.74) is 3.11. The summed E-state index contributed by atoms with van der Waals surface area (Å²) in [6, 6.07) is 11.4. The number of rotatable bonds is 3. The maximum absolute atomic E-state index is 12.3. The van der Waals surface area contributed by atoms with Crippen LogP contribution in [-0.4, -0.2) is 16.1 Å². The summed E-state index contributed by atoms with van der Waals surface area (Å²) in [4.78, 5) is 12.3. The molecule has 0 aromatic heterocycles. The molecule has 1 aliphatic rings. The van der Waals surface area contributed by atoms with E-state index in [1.54, 1.807) is 18.2 Å². The Balaban J connectivity index is 1.85. The first kappa shape index (κ1) is 16.6. The van der Waals surface area contributed by atoms with Gasteiger partial charge in [-0.3, -0.25) is 4.79 Å². The van der Waals surface area contributed by atoms with Crippen molar-refractivity contribution in [1.82, 2.24) is 0 Å². The van der Waals surface area contributed by atoms with Crippen molar-refractivity contribution in [1.29, 1.82) is 5.26 Å². The molecule has 0 bridgehead atoms. The Morgan fingerprint density at radius 2 is 1.84 bits per heavy atom. The zero-order chi connectivity index (χ0) is 17.8. The third-order valence-corrected chi connectivity index (χ3v) is 4.27. The second-order valence-electron chi connectivity index (χ2n) is 6.06. The van der Waals surface area contributed by atoms with Crippen molar-refractivity contribution in [3.05, 3.63) is 58.7 Å². The summed E-state index contributed by atoms with van der Waals surface area (Å²) in [6.07, 6.45) is 5.37. The molecule has 1 amide bonds. The van der Waals surface area contributed by atoms with E-state index in [-0.39, 0.29) is 17.1 Å². The quantitative estimate of drug-likeness (QED) is 0.455. The number of carbonyl (C=O) groups is 1. The lowest BCUT2D eigenvalue weighted by Crippen LogP contribution is -2.13. The van der Waals surface area contributed by atoms with Crippen molar-refractivity contribution in [3.63, 3.8) is 0 Å². The number of nitriles is 1. The van der Waals surface area contributed by atoms with Crippen LogP contribution in [0.3, 0.4) is 0 Å². The summed E-state index contributed by atoms with van der Waals surface area (Å²) < 4.78 is 0. The van der Waals surface area contributed by atoms with Gasteiger partial charge >= 0.3 is 0 Å². The van der Waals surface area contributed by atoms with E-state index in [9.17, 15) is 20.3 Å². The van der Waals surface area contributed by atoms with E-state index < -0.39 is 5.91 Å². The second-order valence-corrected chi connectivity index (χ2v) is 6.06. The lowest BCUT2D eigenvalue weighted by molar-refractivity contribution is -0.112. The molecule has 0 heterocycles. The van der Waals surface area contributed by atoms with Crippen LogP contribution in [0.4, 0.5) is 5.69 Å². The predicted octanol–water partition coefficient (Wildman–Crippen LogP) is 3.52. The highest BCUT2D eigenvalue weighted by Gasteiger charge is 2.15. The van der Waals surface area contributed by atoms with E-state index in [0.717, 1.165) is 36.8 Å². The van der Waals surface area contributed by atoms with Crippen LogP contribution in [0.15, 0.2) is 42.0 Å². The minimum absolute atomic E-state index is 0.0526. The summed E-state index contributed by atoms with van der Waals surface area (Å²) in [6.45, 7) is 0. The first-order chi connectivity index (χ1) is 12.1. The van der Waals surface area contributed by atoms with Gasteiger partial charge < -0.3 is 15.5 Å². The van der Waals surface area contributed by atoms with Crippen LogP contribution in [0.25, 0.3) is 6.08 Å². The molecule has 2 aromatic rings. The van der Waals surface area contributed by atoms with E-state index in [4.69, 9.17) is 0 Å². The molecule has 3 rings (SSSR count). The van der Waals surface area contributed by atoms with Crippen LogP contribution in [0, 0.1) is 11.3 Å². The normalized spacial score (nSPS) is 13.6. The van der Waals surface area contributed by atoms with Crippen LogP contribution < -0.4 is 5.32 Å². The average molecular weight is 334 g/mol. The number of fused-ring (bicyclic) bond motifs is 1. The zero-order valence-electron chi connectivity index (χ0n) is 13.6. The van der Waals surface area contributed by atoms with Gasteiger partial charge in [-0.15, -0.1) is 0 Å². The van der Waals surface area contributed by atoms with Gasteiger partial charge in [-0.25, -0.2) is 0 Å². The minimum atomic E-state index is -0.537. The molecule has 0 spiro atoms. The number of carbonyl (C=O) groups excluding carboxylic acids is 1. The molecular weight excluding hydrogens is 316 g/mol. The summed E-state index contributed by atoms with van der Waals surface area (Å²) >= 11 is 0. The summed E-state index contributed by atoms with van der Waals surface area (Å²) in [7, 11) is 0. The molecule has 2 aromatic carbocycles. The van der Waals surface area contributed by atoms with Gasteiger partial charge in [-0.05, 0) is 78.8 Å². The largest absolute Gasteiger partial charge is 0.508 e.